The number of nitrogens with one attached hydrogen (secondary N) is 2. The van der Waals surface area contributed by atoms with Crippen LogP contribution in [0.5, 0.6) is 0 Å². The molecule has 1 aromatic carbocycles. The number of hydrogen-bond acceptors (Lipinski definition) is 3. The molecule has 5 nitrogen and oxygen atoms in total. The summed E-state index contributed by atoms with van der Waals surface area (Å²) in [4.78, 5) is 12.3. The summed E-state index contributed by atoms with van der Waals surface area (Å²) in [5, 5.41) is 11.2. The molecule has 0 unspecified atom stereocenters. The predicted octanol–water partition coefficient (Wildman–Crippen LogP) is 3.39. The lowest BCUT2D eigenvalue weighted by atomic mass is 9.93. The highest BCUT2D eigenvalue weighted by Gasteiger charge is 2.16. The third-order valence-electron chi connectivity index (χ3n) is 5.10. The largest absolute Gasteiger partial charge is 0.352 e. The summed E-state index contributed by atoms with van der Waals surface area (Å²) < 4.78 is 1.91. The Morgan fingerprint density at radius 3 is 2.69 bits per heavy atom. The third-order valence-corrected chi connectivity index (χ3v) is 5.10. The maximum absolute atomic E-state index is 12.3. The fourth-order valence-electron chi connectivity index (χ4n) is 3.55. The van der Waals surface area contributed by atoms with Crippen molar-refractivity contribution in [3.05, 3.63) is 47.8 Å². The van der Waals surface area contributed by atoms with Crippen LogP contribution < -0.4 is 10.6 Å². The van der Waals surface area contributed by atoms with Crippen LogP contribution in [0, 0.1) is 5.92 Å². The van der Waals surface area contributed by atoms with E-state index >= 15 is 0 Å². The van der Waals surface area contributed by atoms with Gasteiger partial charge in [-0.25, -0.2) is 4.68 Å². The number of para-hydroxylation sites is 1. The smallest absolute Gasteiger partial charge is 0.220 e. The minimum atomic E-state index is 0.144. The van der Waals surface area contributed by atoms with Crippen LogP contribution in [-0.2, 0) is 11.3 Å². The van der Waals surface area contributed by atoms with Gasteiger partial charge in [0, 0.05) is 24.7 Å². The Labute approximate surface area is 156 Å². The molecule has 0 radical (unpaired) electrons. The van der Waals surface area contributed by atoms with Gasteiger partial charge in [-0.15, -0.1) is 0 Å². The summed E-state index contributed by atoms with van der Waals surface area (Å²) in [7, 11) is 0. The molecule has 1 saturated heterocycles. The molecule has 1 amide bonds. The van der Waals surface area contributed by atoms with Gasteiger partial charge < -0.3 is 10.6 Å². The van der Waals surface area contributed by atoms with Crippen LogP contribution >= 0.6 is 0 Å². The highest BCUT2D eigenvalue weighted by atomic mass is 16.1. The molecule has 0 aliphatic carbocycles. The Morgan fingerprint density at radius 2 is 2.00 bits per heavy atom. The molecule has 140 valence electrons. The van der Waals surface area contributed by atoms with E-state index in [4.69, 9.17) is 5.10 Å². The second-order valence-corrected chi connectivity index (χ2v) is 7.48. The van der Waals surface area contributed by atoms with Crippen LogP contribution in [0.4, 0.5) is 0 Å². The Balaban J connectivity index is 1.58. The lowest BCUT2D eigenvalue weighted by Gasteiger charge is -2.22. The van der Waals surface area contributed by atoms with E-state index in [9.17, 15) is 4.79 Å². The fourth-order valence-corrected chi connectivity index (χ4v) is 3.55. The zero-order valence-electron chi connectivity index (χ0n) is 15.9. The highest BCUT2D eigenvalue weighted by molar-refractivity contribution is 5.75. The number of benzene rings is 1. The molecular weight excluding hydrogens is 324 g/mol. The lowest BCUT2D eigenvalue weighted by Crippen LogP contribution is -2.29. The number of carbonyl (C=O) groups is 1. The van der Waals surface area contributed by atoms with E-state index in [1.54, 1.807) is 0 Å². The number of aromatic nitrogens is 2. The van der Waals surface area contributed by atoms with E-state index in [-0.39, 0.29) is 5.91 Å². The van der Waals surface area contributed by atoms with Gasteiger partial charge in [0.25, 0.3) is 0 Å². The van der Waals surface area contributed by atoms with E-state index in [1.165, 1.54) is 12.8 Å². The van der Waals surface area contributed by atoms with Gasteiger partial charge in [-0.1, -0.05) is 32.0 Å². The normalized spacial score (nSPS) is 15.3. The van der Waals surface area contributed by atoms with Gasteiger partial charge in [-0.3, -0.25) is 4.79 Å². The van der Waals surface area contributed by atoms with Crippen molar-refractivity contribution in [2.45, 2.75) is 52.0 Å². The van der Waals surface area contributed by atoms with Crippen LogP contribution in [-0.4, -0.2) is 28.8 Å². The second kappa shape index (κ2) is 8.99. The third kappa shape index (κ3) is 4.94. The zero-order chi connectivity index (χ0) is 18.4. The van der Waals surface area contributed by atoms with E-state index in [0.29, 0.717) is 24.8 Å². The van der Waals surface area contributed by atoms with Crippen molar-refractivity contribution in [1.82, 2.24) is 20.4 Å². The van der Waals surface area contributed by atoms with Crippen molar-refractivity contribution in [2.24, 2.45) is 5.92 Å². The molecule has 26 heavy (non-hydrogen) atoms. The second-order valence-electron chi connectivity index (χ2n) is 7.48. The quantitative estimate of drug-likeness (QED) is 0.801. The molecule has 0 saturated carbocycles. The maximum Gasteiger partial charge on any atom is 0.220 e. The molecule has 2 N–H and O–H groups in total. The first-order chi connectivity index (χ1) is 12.6. The topological polar surface area (TPSA) is 59.0 Å². The molecule has 0 bridgehead atoms. The summed E-state index contributed by atoms with van der Waals surface area (Å²) in [6, 6.07) is 10.1. The van der Waals surface area contributed by atoms with Crippen LogP contribution in [0.25, 0.3) is 5.69 Å². The molecule has 1 aliphatic rings. The van der Waals surface area contributed by atoms with E-state index in [1.807, 2.05) is 41.2 Å². The highest BCUT2D eigenvalue weighted by Crippen LogP contribution is 2.20. The minimum Gasteiger partial charge on any atom is -0.352 e. The standard InChI is InChI=1S/C21H30N4O/c1-16(2)21-18(15-25(24-21)19-6-4-3-5-7-19)14-23-20(26)9-8-17-10-12-22-13-11-17/h3-7,15-17,22H,8-14H2,1-2H3,(H,23,26). The maximum atomic E-state index is 12.3. The molecule has 3 rings (SSSR count). The van der Waals surface area contributed by atoms with Crippen molar-refractivity contribution >= 4 is 5.91 Å². The predicted molar refractivity (Wildman–Crippen MR) is 104 cm³/mol. The molecule has 0 atom stereocenters. The monoisotopic (exact) mass is 354 g/mol. The Hall–Kier alpha value is -2.14. The number of nitrogens with zero attached hydrogens (tertiary/aromatic N) is 2. The van der Waals surface area contributed by atoms with Crippen molar-refractivity contribution in [3.8, 4) is 5.69 Å². The Bertz CT molecular complexity index is 702. The number of hydrogen-bond donors (Lipinski definition) is 2. The molecule has 2 heterocycles. The number of amides is 1. The van der Waals surface area contributed by atoms with Crippen LogP contribution in [0.1, 0.15) is 56.7 Å². The molecule has 1 aromatic heterocycles. The van der Waals surface area contributed by atoms with E-state index < -0.39 is 0 Å². The SMILES string of the molecule is CC(C)c1nn(-c2ccccc2)cc1CNC(=O)CCC1CCNCC1. The summed E-state index contributed by atoms with van der Waals surface area (Å²) in [5.41, 5.74) is 3.18. The van der Waals surface area contributed by atoms with Crippen molar-refractivity contribution in [3.63, 3.8) is 0 Å². The Morgan fingerprint density at radius 1 is 1.27 bits per heavy atom. The van der Waals surface area contributed by atoms with E-state index in [0.717, 1.165) is 36.5 Å². The number of piperidine rings is 1. The number of rotatable bonds is 7. The first kappa shape index (κ1) is 18.6. The van der Waals surface area contributed by atoms with Gasteiger partial charge in [-0.2, -0.15) is 5.10 Å². The van der Waals surface area contributed by atoms with Crippen LogP contribution in [0.3, 0.4) is 0 Å². The van der Waals surface area contributed by atoms with Gasteiger partial charge in [0.05, 0.1) is 11.4 Å². The van der Waals surface area contributed by atoms with Gasteiger partial charge in [0.1, 0.15) is 0 Å². The van der Waals surface area contributed by atoms with E-state index in [2.05, 4.69) is 24.5 Å². The Kier molecular flexibility index (Phi) is 6.45. The average molecular weight is 354 g/mol. The van der Waals surface area contributed by atoms with Gasteiger partial charge in [-0.05, 0) is 56.3 Å². The molecule has 2 aromatic rings. The first-order valence-electron chi connectivity index (χ1n) is 9.74. The summed E-state index contributed by atoms with van der Waals surface area (Å²) >= 11 is 0. The van der Waals surface area contributed by atoms with Crippen molar-refractivity contribution in [1.29, 1.82) is 0 Å². The van der Waals surface area contributed by atoms with Gasteiger partial charge in [0.15, 0.2) is 0 Å². The minimum absolute atomic E-state index is 0.144. The molecule has 1 fully saturated rings. The van der Waals surface area contributed by atoms with Crippen LogP contribution in [0.2, 0.25) is 0 Å². The lowest BCUT2D eigenvalue weighted by molar-refractivity contribution is -0.121. The average Bonchev–Trinajstić information content (AvgIpc) is 3.11. The van der Waals surface area contributed by atoms with Gasteiger partial charge in [0.2, 0.25) is 5.91 Å². The number of carbonyl (C=O) groups excluding carboxylic acids is 1. The molecular formula is C21H30N4O. The van der Waals surface area contributed by atoms with Gasteiger partial charge >= 0.3 is 0 Å². The molecule has 5 heteroatoms. The summed E-state index contributed by atoms with van der Waals surface area (Å²) in [5.74, 6) is 1.15. The zero-order valence-corrected chi connectivity index (χ0v) is 15.9. The van der Waals surface area contributed by atoms with Crippen LogP contribution in [0.15, 0.2) is 36.5 Å². The first-order valence-corrected chi connectivity index (χ1v) is 9.74. The fraction of sp³-hybridized carbons (Fsp3) is 0.524. The molecule has 1 aliphatic heterocycles. The summed E-state index contributed by atoms with van der Waals surface area (Å²) in [6.45, 7) is 7.00. The van der Waals surface area contributed by atoms with Crippen molar-refractivity contribution in [2.75, 3.05) is 13.1 Å². The molecule has 0 spiro atoms. The van der Waals surface area contributed by atoms with Crippen molar-refractivity contribution < 1.29 is 4.79 Å². The summed E-state index contributed by atoms with van der Waals surface area (Å²) in [6.07, 6.45) is 6.03.